The van der Waals surface area contributed by atoms with Crippen LogP contribution >= 0.6 is 11.3 Å². The maximum absolute atomic E-state index is 5.92. The number of hydrogen-bond donors (Lipinski definition) is 1. The van der Waals surface area contributed by atoms with Crippen LogP contribution in [0.1, 0.15) is 5.82 Å². The molecule has 1 aromatic carbocycles. The zero-order chi connectivity index (χ0) is 13.2. The smallest absolute Gasteiger partial charge is 0.137 e. The molecule has 0 aliphatic carbocycles. The highest BCUT2D eigenvalue weighted by molar-refractivity contribution is 7.13. The van der Waals surface area contributed by atoms with Crippen LogP contribution in [0.5, 0.6) is 0 Å². The van der Waals surface area contributed by atoms with E-state index < -0.39 is 0 Å². The summed E-state index contributed by atoms with van der Waals surface area (Å²) in [5.74, 6) is 1.14. The summed E-state index contributed by atoms with van der Waals surface area (Å²) in [5, 5.41) is 2.86. The molecule has 19 heavy (non-hydrogen) atoms. The predicted octanol–water partition coefficient (Wildman–Crippen LogP) is 3.16. The van der Waals surface area contributed by atoms with Gasteiger partial charge in [-0.3, -0.25) is 0 Å². The molecule has 2 aromatic heterocycles. The van der Waals surface area contributed by atoms with E-state index in [1.54, 1.807) is 17.5 Å². The maximum atomic E-state index is 5.92. The van der Waals surface area contributed by atoms with Crippen LogP contribution in [0.25, 0.3) is 21.8 Å². The second-order valence-corrected chi connectivity index (χ2v) is 4.98. The van der Waals surface area contributed by atoms with E-state index in [1.807, 2.05) is 42.6 Å². The largest absolute Gasteiger partial charge is 0.383 e. The molecule has 3 aromatic rings. The molecule has 0 saturated carbocycles. The van der Waals surface area contributed by atoms with Crippen LogP contribution in [-0.2, 0) is 0 Å². The van der Waals surface area contributed by atoms with Gasteiger partial charge in [0.05, 0.1) is 11.3 Å². The van der Waals surface area contributed by atoms with E-state index in [0.29, 0.717) is 11.6 Å². The molecule has 0 amide bonds. The minimum absolute atomic E-state index is 0.474. The van der Waals surface area contributed by atoms with E-state index in [2.05, 4.69) is 15.0 Å². The molecule has 4 nitrogen and oxygen atoms in total. The van der Waals surface area contributed by atoms with Gasteiger partial charge in [-0.25, -0.2) is 15.0 Å². The summed E-state index contributed by atoms with van der Waals surface area (Å²) in [7, 11) is 0. The Hall–Kier alpha value is -2.27. The van der Waals surface area contributed by atoms with Gasteiger partial charge in [-0.15, -0.1) is 11.3 Å². The summed E-state index contributed by atoms with van der Waals surface area (Å²) in [6, 6.07) is 10.1. The molecule has 0 radical (unpaired) electrons. The third-order valence-corrected chi connectivity index (χ3v) is 3.62. The van der Waals surface area contributed by atoms with Gasteiger partial charge in [0.25, 0.3) is 0 Å². The molecule has 0 fully saturated rings. The number of nitrogen functional groups attached to an aromatic ring is 1. The van der Waals surface area contributed by atoms with E-state index in [9.17, 15) is 0 Å². The monoisotopic (exact) mass is 268 g/mol. The number of nitrogens with two attached hydrogens (primary N) is 1. The number of rotatable bonds is 2. The molecule has 5 heteroatoms. The molecular weight excluding hydrogens is 256 g/mol. The third kappa shape index (κ3) is 2.32. The number of hydrogen-bond acceptors (Lipinski definition) is 5. The van der Waals surface area contributed by atoms with Gasteiger partial charge in [-0.1, -0.05) is 30.3 Å². The predicted molar refractivity (Wildman–Crippen MR) is 77.7 cm³/mol. The van der Waals surface area contributed by atoms with E-state index in [4.69, 9.17) is 5.73 Å². The van der Waals surface area contributed by atoms with Crippen LogP contribution < -0.4 is 5.73 Å². The SMILES string of the molecule is Cc1ncc(-c2nc(-c3ccccc3)cs2)c(N)n1. The van der Waals surface area contributed by atoms with Gasteiger partial charge in [0.2, 0.25) is 0 Å². The number of nitrogens with zero attached hydrogens (tertiary/aromatic N) is 3. The van der Waals surface area contributed by atoms with Gasteiger partial charge in [0, 0.05) is 17.1 Å². The number of benzene rings is 1. The first-order valence-corrected chi connectivity index (χ1v) is 6.72. The fraction of sp³-hybridized carbons (Fsp3) is 0.0714. The van der Waals surface area contributed by atoms with Crippen LogP contribution in [-0.4, -0.2) is 15.0 Å². The second kappa shape index (κ2) is 4.78. The van der Waals surface area contributed by atoms with Crippen LogP contribution in [0, 0.1) is 6.92 Å². The fourth-order valence-electron chi connectivity index (χ4n) is 1.79. The number of aromatic nitrogens is 3. The topological polar surface area (TPSA) is 64.7 Å². The summed E-state index contributed by atoms with van der Waals surface area (Å²) < 4.78 is 0. The molecule has 3 rings (SSSR count). The molecule has 0 atom stereocenters. The van der Waals surface area contributed by atoms with Crippen LogP contribution in [0.15, 0.2) is 41.9 Å². The Morgan fingerprint density at radius 2 is 1.89 bits per heavy atom. The minimum Gasteiger partial charge on any atom is -0.383 e. The standard InChI is InChI=1S/C14H12N4S/c1-9-16-7-11(13(15)17-9)14-18-12(8-19-14)10-5-3-2-4-6-10/h2-8H,1H3,(H2,15,16,17). The van der Waals surface area contributed by atoms with Crippen molar-refractivity contribution in [3.63, 3.8) is 0 Å². The van der Waals surface area contributed by atoms with Gasteiger partial charge in [-0.2, -0.15) is 0 Å². The summed E-state index contributed by atoms with van der Waals surface area (Å²) >= 11 is 1.55. The Morgan fingerprint density at radius 3 is 2.63 bits per heavy atom. The summed E-state index contributed by atoms with van der Waals surface area (Å²) in [6.07, 6.45) is 1.73. The van der Waals surface area contributed by atoms with Crippen molar-refractivity contribution in [2.75, 3.05) is 5.73 Å². The Bertz CT molecular complexity index is 706. The van der Waals surface area contributed by atoms with Gasteiger partial charge >= 0.3 is 0 Å². The summed E-state index contributed by atoms with van der Waals surface area (Å²) in [4.78, 5) is 12.9. The molecule has 94 valence electrons. The highest BCUT2D eigenvalue weighted by Gasteiger charge is 2.10. The first-order chi connectivity index (χ1) is 9.24. The van der Waals surface area contributed by atoms with Crippen molar-refractivity contribution >= 4 is 17.2 Å². The van der Waals surface area contributed by atoms with Gasteiger partial charge in [-0.05, 0) is 6.92 Å². The first kappa shape index (κ1) is 11.8. The van der Waals surface area contributed by atoms with Crippen molar-refractivity contribution in [1.29, 1.82) is 0 Å². The van der Waals surface area contributed by atoms with Crippen LogP contribution in [0.2, 0.25) is 0 Å². The molecule has 2 N–H and O–H groups in total. The average Bonchev–Trinajstić information content (AvgIpc) is 2.89. The average molecular weight is 268 g/mol. The van der Waals surface area contributed by atoms with Gasteiger partial charge in [0.15, 0.2) is 0 Å². The highest BCUT2D eigenvalue weighted by atomic mass is 32.1. The van der Waals surface area contributed by atoms with E-state index >= 15 is 0 Å². The Kier molecular flexibility index (Phi) is 2.97. The van der Waals surface area contributed by atoms with Gasteiger partial charge in [0.1, 0.15) is 16.6 Å². The fourth-order valence-corrected chi connectivity index (χ4v) is 2.64. The summed E-state index contributed by atoms with van der Waals surface area (Å²) in [5.41, 5.74) is 8.75. The van der Waals surface area contributed by atoms with Crippen molar-refractivity contribution in [2.45, 2.75) is 6.92 Å². The Labute approximate surface area is 115 Å². The molecule has 0 aliphatic rings. The maximum Gasteiger partial charge on any atom is 0.137 e. The Balaban J connectivity index is 2.02. The van der Waals surface area contributed by atoms with Crippen molar-refractivity contribution in [3.05, 3.63) is 47.7 Å². The number of aryl methyl sites for hydroxylation is 1. The van der Waals surface area contributed by atoms with E-state index in [-0.39, 0.29) is 0 Å². The van der Waals surface area contributed by atoms with E-state index in [0.717, 1.165) is 21.8 Å². The molecule has 0 bridgehead atoms. The molecule has 2 heterocycles. The minimum atomic E-state index is 0.474. The third-order valence-electron chi connectivity index (χ3n) is 2.74. The zero-order valence-corrected chi connectivity index (χ0v) is 11.2. The van der Waals surface area contributed by atoms with Crippen LogP contribution in [0.4, 0.5) is 5.82 Å². The first-order valence-electron chi connectivity index (χ1n) is 5.84. The lowest BCUT2D eigenvalue weighted by molar-refractivity contribution is 1.06. The van der Waals surface area contributed by atoms with Crippen molar-refractivity contribution in [1.82, 2.24) is 15.0 Å². The molecule has 0 unspecified atom stereocenters. The zero-order valence-electron chi connectivity index (χ0n) is 10.4. The molecular formula is C14H12N4S. The summed E-state index contributed by atoms with van der Waals surface area (Å²) in [6.45, 7) is 1.82. The lowest BCUT2D eigenvalue weighted by atomic mass is 10.2. The van der Waals surface area contributed by atoms with Crippen LogP contribution in [0.3, 0.4) is 0 Å². The number of thiazole rings is 1. The lowest BCUT2D eigenvalue weighted by Gasteiger charge is -2.01. The van der Waals surface area contributed by atoms with Crippen molar-refractivity contribution < 1.29 is 0 Å². The van der Waals surface area contributed by atoms with Crippen molar-refractivity contribution in [3.8, 4) is 21.8 Å². The number of anilines is 1. The second-order valence-electron chi connectivity index (χ2n) is 4.12. The van der Waals surface area contributed by atoms with E-state index in [1.165, 1.54) is 0 Å². The quantitative estimate of drug-likeness (QED) is 0.775. The lowest BCUT2D eigenvalue weighted by Crippen LogP contribution is -1.98. The molecule has 0 saturated heterocycles. The van der Waals surface area contributed by atoms with Crippen molar-refractivity contribution in [2.24, 2.45) is 0 Å². The molecule has 0 spiro atoms. The highest BCUT2D eigenvalue weighted by Crippen LogP contribution is 2.30. The van der Waals surface area contributed by atoms with Gasteiger partial charge < -0.3 is 5.73 Å². The Morgan fingerprint density at radius 1 is 1.11 bits per heavy atom. The normalized spacial score (nSPS) is 10.6. The molecule has 0 aliphatic heterocycles.